The number of benzene rings is 1. The standard InChI is InChI=1S/C23H38N4O3/c1-6-29-21-10-8-7-9-20(21)25-11-13-26(14-12-25)22(28)24-17-23(4,5)27-15-18(2)30-19(3)16-27/h7-10,18-19H,6,11-17H2,1-5H3,(H,24,28). The van der Waals surface area contributed by atoms with Gasteiger partial charge in [-0.3, -0.25) is 4.90 Å². The molecule has 2 heterocycles. The molecule has 0 aliphatic carbocycles. The molecule has 0 aromatic heterocycles. The van der Waals surface area contributed by atoms with E-state index in [1.165, 1.54) is 0 Å². The summed E-state index contributed by atoms with van der Waals surface area (Å²) in [6.45, 7) is 16.7. The molecule has 2 aliphatic heterocycles. The number of nitrogens with one attached hydrogen (secondary N) is 1. The van der Waals surface area contributed by atoms with E-state index in [9.17, 15) is 4.79 Å². The number of nitrogens with zero attached hydrogens (tertiary/aromatic N) is 3. The molecule has 2 aliphatic rings. The summed E-state index contributed by atoms with van der Waals surface area (Å²) in [5.74, 6) is 0.911. The molecular formula is C23H38N4O3. The van der Waals surface area contributed by atoms with E-state index in [0.29, 0.717) is 26.2 Å². The number of hydrogen-bond acceptors (Lipinski definition) is 5. The van der Waals surface area contributed by atoms with Crippen LogP contribution in [0.5, 0.6) is 5.75 Å². The minimum absolute atomic E-state index is 0.0233. The number of urea groups is 1. The number of para-hydroxylation sites is 2. The molecule has 1 aromatic rings. The Kier molecular flexibility index (Phi) is 7.47. The lowest BCUT2D eigenvalue weighted by atomic mass is 10.00. The smallest absolute Gasteiger partial charge is 0.317 e. The molecular weight excluding hydrogens is 380 g/mol. The minimum atomic E-state index is -0.111. The first kappa shape index (κ1) is 22.7. The van der Waals surface area contributed by atoms with E-state index in [-0.39, 0.29) is 23.8 Å². The fraction of sp³-hybridized carbons (Fsp3) is 0.696. The second-order valence-corrected chi connectivity index (χ2v) is 9.01. The lowest BCUT2D eigenvalue weighted by molar-refractivity contribution is -0.0948. The number of piperazine rings is 1. The van der Waals surface area contributed by atoms with Crippen LogP contribution in [0.1, 0.15) is 34.6 Å². The third kappa shape index (κ3) is 5.58. The minimum Gasteiger partial charge on any atom is -0.492 e. The van der Waals surface area contributed by atoms with E-state index in [1.807, 2.05) is 30.0 Å². The Balaban J connectivity index is 1.50. The number of carbonyl (C=O) groups excluding carboxylic acids is 1. The van der Waals surface area contributed by atoms with Gasteiger partial charge < -0.3 is 24.6 Å². The summed E-state index contributed by atoms with van der Waals surface area (Å²) in [4.78, 5) is 19.4. The molecule has 3 rings (SSSR count). The monoisotopic (exact) mass is 418 g/mol. The van der Waals surface area contributed by atoms with Crippen molar-refractivity contribution in [1.29, 1.82) is 0 Å². The molecule has 0 saturated carbocycles. The number of hydrogen-bond donors (Lipinski definition) is 1. The molecule has 1 aromatic carbocycles. The second-order valence-electron chi connectivity index (χ2n) is 9.01. The molecule has 2 unspecified atom stereocenters. The largest absolute Gasteiger partial charge is 0.492 e. The van der Waals surface area contributed by atoms with Gasteiger partial charge in [-0.05, 0) is 46.8 Å². The van der Waals surface area contributed by atoms with Crippen LogP contribution < -0.4 is 15.0 Å². The average molecular weight is 419 g/mol. The molecule has 168 valence electrons. The van der Waals surface area contributed by atoms with Gasteiger partial charge in [-0.2, -0.15) is 0 Å². The Morgan fingerprint density at radius 1 is 1.13 bits per heavy atom. The normalized spacial score (nSPS) is 23.4. The van der Waals surface area contributed by atoms with Crippen LogP contribution in [-0.4, -0.2) is 86.0 Å². The van der Waals surface area contributed by atoms with Crippen molar-refractivity contribution in [2.24, 2.45) is 0 Å². The summed E-state index contributed by atoms with van der Waals surface area (Å²) in [7, 11) is 0. The second kappa shape index (κ2) is 9.88. The maximum absolute atomic E-state index is 12.8. The summed E-state index contributed by atoms with van der Waals surface area (Å²) in [6, 6.07) is 8.15. The van der Waals surface area contributed by atoms with Crippen molar-refractivity contribution < 1.29 is 14.3 Å². The van der Waals surface area contributed by atoms with Gasteiger partial charge in [0.15, 0.2) is 0 Å². The van der Waals surface area contributed by atoms with Crippen LogP contribution in [-0.2, 0) is 4.74 Å². The average Bonchev–Trinajstić information content (AvgIpc) is 2.72. The maximum Gasteiger partial charge on any atom is 0.317 e. The summed E-state index contributed by atoms with van der Waals surface area (Å²) < 4.78 is 11.6. The summed E-state index contributed by atoms with van der Waals surface area (Å²) in [5, 5.41) is 3.17. The van der Waals surface area contributed by atoms with E-state index in [1.54, 1.807) is 0 Å². The van der Waals surface area contributed by atoms with Gasteiger partial charge in [-0.1, -0.05) is 12.1 Å². The molecule has 0 radical (unpaired) electrons. The van der Waals surface area contributed by atoms with Gasteiger partial charge in [0, 0.05) is 51.4 Å². The third-order valence-electron chi connectivity index (χ3n) is 6.02. The van der Waals surface area contributed by atoms with Crippen LogP contribution in [0.4, 0.5) is 10.5 Å². The topological polar surface area (TPSA) is 57.3 Å². The fourth-order valence-corrected chi connectivity index (χ4v) is 4.33. The van der Waals surface area contributed by atoms with Crippen molar-refractivity contribution in [2.45, 2.75) is 52.4 Å². The predicted octanol–water partition coefficient (Wildman–Crippen LogP) is 2.80. The lowest BCUT2D eigenvalue weighted by Crippen LogP contribution is -2.60. The van der Waals surface area contributed by atoms with E-state index < -0.39 is 0 Å². The van der Waals surface area contributed by atoms with E-state index in [2.05, 4.69) is 48.9 Å². The number of rotatable bonds is 6. The molecule has 30 heavy (non-hydrogen) atoms. The molecule has 0 spiro atoms. The Morgan fingerprint density at radius 2 is 1.77 bits per heavy atom. The third-order valence-corrected chi connectivity index (χ3v) is 6.02. The lowest BCUT2D eigenvalue weighted by Gasteiger charge is -2.45. The summed E-state index contributed by atoms with van der Waals surface area (Å²) in [5.41, 5.74) is 0.997. The zero-order chi connectivity index (χ0) is 21.7. The predicted molar refractivity (Wildman–Crippen MR) is 120 cm³/mol. The Morgan fingerprint density at radius 3 is 2.40 bits per heavy atom. The van der Waals surface area contributed by atoms with Crippen LogP contribution in [0.15, 0.2) is 24.3 Å². The van der Waals surface area contributed by atoms with Crippen LogP contribution in [0.3, 0.4) is 0 Å². The Hall–Kier alpha value is -1.99. The number of morpholine rings is 1. The zero-order valence-corrected chi connectivity index (χ0v) is 19.2. The van der Waals surface area contributed by atoms with Crippen LogP contribution in [0, 0.1) is 0 Å². The Bertz CT molecular complexity index is 693. The quantitative estimate of drug-likeness (QED) is 0.770. The number of carbonyl (C=O) groups is 1. The van der Waals surface area contributed by atoms with Crippen molar-refractivity contribution in [1.82, 2.24) is 15.1 Å². The number of amides is 2. The molecule has 2 atom stereocenters. The van der Waals surface area contributed by atoms with Gasteiger partial charge in [0.05, 0.1) is 24.5 Å². The van der Waals surface area contributed by atoms with Gasteiger partial charge in [-0.15, -0.1) is 0 Å². The zero-order valence-electron chi connectivity index (χ0n) is 19.2. The van der Waals surface area contributed by atoms with Gasteiger partial charge >= 0.3 is 6.03 Å². The highest BCUT2D eigenvalue weighted by atomic mass is 16.5. The molecule has 0 bridgehead atoms. The van der Waals surface area contributed by atoms with Crippen molar-refractivity contribution in [2.75, 3.05) is 57.3 Å². The highest BCUT2D eigenvalue weighted by Gasteiger charge is 2.34. The van der Waals surface area contributed by atoms with Crippen molar-refractivity contribution in [3.05, 3.63) is 24.3 Å². The fourth-order valence-electron chi connectivity index (χ4n) is 4.33. The van der Waals surface area contributed by atoms with Gasteiger partial charge in [0.1, 0.15) is 5.75 Å². The first-order valence-electron chi connectivity index (χ1n) is 11.2. The van der Waals surface area contributed by atoms with Crippen molar-refractivity contribution >= 4 is 11.7 Å². The molecule has 7 nitrogen and oxygen atoms in total. The van der Waals surface area contributed by atoms with Crippen LogP contribution >= 0.6 is 0 Å². The van der Waals surface area contributed by atoms with Crippen molar-refractivity contribution in [3.63, 3.8) is 0 Å². The number of anilines is 1. The molecule has 1 N–H and O–H groups in total. The van der Waals surface area contributed by atoms with E-state index in [4.69, 9.17) is 9.47 Å². The highest BCUT2D eigenvalue weighted by molar-refractivity contribution is 5.74. The summed E-state index contributed by atoms with van der Waals surface area (Å²) in [6.07, 6.45) is 0.438. The molecule has 2 amide bonds. The van der Waals surface area contributed by atoms with E-state index in [0.717, 1.165) is 37.6 Å². The Labute approximate surface area is 181 Å². The van der Waals surface area contributed by atoms with Crippen LogP contribution in [0.2, 0.25) is 0 Å². The van der Waals surface area contributed by atoms with Crippen molar-refractivity contribution in [3.8, 4) is 5.75 Å². The number of ether oxygens (including phenoxy) is 2. The first-order valence-corrected chi connectivity index (χ1v) is 11.2. The summed E-state index contributed by atoms with van der Waals surface area (Å²) >= 11 is 0. The van der Waals surface area contributed by atoms with Crippen LogP contribution in [0.25, 0.3) is 0 Å². The SMILES string of the molecule is CCOc1ccccc1N1CCN(C(=O)NCC(C)(C)N2CC(C)OC(C)C2)CC1. The van der Waals surface area contributed by atoms with Gasteiger partial charge in [0.25, 0.3) is 0 Å². The highest BCUT2D eigenvalue weighted by Crippen LogP contribution is 2.29. The molecule has 2 saturated heterocycles. The van der Waals surface area contributed by atoms with Gasteiger partial charge in [-0.25, -0.2) is 4.79 Å². The van der Waals surface area contributed by atoms with Gasteiger partial charge in [0.2, 0.25) is 0 Å². The van der Waals surface area contributed by atoms with E-state index >= 15 is 0 Å². The first-order chi connectivity index (χ1) is 14.3. The molecule has 2 fully saturated rings. The molecule has 7 heteroatoms. The maximum atomic E-state index is 12.8.